The van der Waals surface area contributed by atoms with Crippen LogP contribution in [0, 0.1) is 19.7 Å². The molecule has 0 aliphatic rings. The number of carbonyl (C=O) groups is 1. The van der Waals surface area contributed by atoms with Crippen molar-refractivity contribution in [1.29, 1.82) is 0 Å². The van der Waals surface area contributed by atoms with Crippen molar-refractivity contribution in [3.8, 4) is 0 Å². The molecule has 3 aromatic rings. The van der Waals surface area contributed by atoms with Gasteiger partial charge in [0.2, 0.25) is 5.91 Å². The summed E-state index contributed by atoms with van der Waals surface area (Å²) in [5, 5.41) is 3.49. The van der Waals surface area contributed by atoms with Crippen molar-refractivity contribution < 1.29 is 13.6 Å². The molecule has 25 heavy (non-hydrogen) atoms. The largest absolute Gasteiger partial charge is 0.423 e. The van der Waals surface area contributed by atoms with Gasteiger partial charge in [-0.3, -0.25) is 4.79 Å². The molecule has 0 bridgehead atoms. The Morgan fingerprint density at radius 2 is 1.96 bits per heavy atom. The SMILES string of the molecule is Cc1ccc2c(C)c(CCC(=O)Nc3cccc(F)c3)c(=O)oc2c1. The fraction of sp³-hybridized carbons (Fsp3) is 0.200. The van der Waals surface area contributed by atoms with Crippen LogP contribution in [0.25, 0.3) is 11.0 Å². The van der Waals surface area contributed by atoms with Crippen LogP contribution in [0.15, 0.2) is 51.7 Å². The van der Waals surface area contributed by atoms with Crippen LogP contribution >= 0.6 is 0 Å². The Kier molecular flexibility index (Phi) is 4.65. The molecule has 1 amide bonds. The smallest absolute Gasteiger partial charge is 0.339 e. The van der Waals surface area contributed by atoms with Gasteiger partial charge in [-0.25, -0.2) is 9.18 Å². The molecule has 1 N–H and O–H groups in total. The third kappa shape index (κ3) is 3.76. The second-order valence-electron chi connectivity index (χ2n) is 6.05. The molecule has 0 spiro atoms. The molecular formula is C20H18FNO3. The number of anilines is 1. The minimum atomic E-state index is -0.422. The van der Waals surface area contributed by atoms with E-state index in [0.29, 0.717) is 16.8 Å². The van der Waals surface area contributed by atoms with E-state index in [1.165, 1.54) is 18.2 Å². The molecule has 0 fully saturated rings. The maximum Gasteiger partial charge on any atom is 0.339 e. The van der Waals surface area contributed by atoms with E-state index in [1.807, 2.05) is 32.0 Å². The molecule has 0 saturated heterocycles. The maximum absolute atomic E-state index is 13.1. The monoisotopic (exact) mass is 339 g/mol. The number of nitrogens with one attached hydrogen (secondary N) is 1. The number of hydrogen-bond donors (Lipinski definition) is 1. The van der Waals surface area contributed by atoms with Crippen LogP contribution in [0.4, 0.5) is 10.1 Å². The lowest BCUT2D eigenvalue weighted by Crippen LogP contribution is -2.16. The molecule has 0 unspecified atom stereocenters. The summed E-state index contributed by atoms with van der Waals surface area (Å²) in [5.41, 5.74) is 2.85. The van der Waals surface area contributed by atoms with Gasteiger partial charge in [-0.2, -0.15) is 0 Å². The standard InChI is InChI=1S/C20H18FNO3/c1-12-6-7-16-13(2)17(20(24)25-18(16)10-12)8-9-19(23)22-15-5-3-4-14(21)11-15/h3-7,10-11H,8-9H2,1-2H3,(H,22,23). The number of aryl methyl sites for hydroxylation is 2. The second-order valence-corrected chi connectivity index (χ2v) is 6.05. The van der Waals surface area contributed by atoms with Crippen LogP contribution in [-0.4, -0.2) is 5.91 Å². The zero-order valence-corrected chi connectivity index (χ0v) is 14.1. The van der Waals surface area contributed by atoms with Crippen LogP contribution in [-0.2, 0) is 11.2 Å². The predicted octanol–water partition coefficient (Wildman–Crippen LogP) is 4.12. The van der Waals surface area contributed by atoms with Gasteiger partial charge in [-0.1, -0.05) is 18.2 Å². The molecule has 0 aliphatic heterocycles. The van der Waals surface area contributed by atoms with Crippen molar-refractivity contribution in [3.63, 3.8) is 0 Å². The van der Waals surface area contributed by atoms with E-state index < -0.39 is 11.4 Å². The normalized spacial score (nSPS) is 10.8. The highest BCUT2D eigenvalue weighted by Gasteiger charge is 2.13. The third-order valence-electron chi connectivity index (χ3n) is 4.15. The number of amides is 1. The van der Waals surface area contributed by atoms with Crippen LogP contribution in [0.3, 0.4) is 0 Å². The molecule has 4 nitrogen and oxygen atoms in total. The molecule has 0 radical (unpaired) electrons. The lowest BCUT2D eigenvalue weighted by Gasteiger charge is -2.09. The molecule has 1 aromatic heterocycles. The molecule has 1 heterocycles. The summed E-state index contributed by atoms with van der Waals surface area (Å²) in [6.45, 7) is 3.79. The van der Waals surface area contributed by atoms with Gasteiger partial charge in [0, 0.05) is 23.1 Å². The Balaban J connectivity index is 1.78. The van der Waals surface area contributed by atoms with E-state index in [1.54, 1.807) is 6.07 Å². The van der Waals surface area contributed by atoms with Crippen molar-refractivity contribution in [2.75, 3.05) is 5.32 Å². The lowest BCUT2D eigenvalue weighted by atomic mass is 10.0. The summed E-state index contributed by atoms with van der Waals surface area (Å²) >= 11 is 0. The van der Waals surface area contributed by atoms with Gasteiger partial charge in [-0.15, -0.1) is 0 Å². The van der Waals surface area contributed by atoms with Gasteiger partial charge in [-0.05, 0) is 55.7 Å². The minimum absolute atomic E-state index is 0.111. The van der Waals surface area contributed by atoms with E-state index in [2.05, 4.69) is 5.32 Å². The number of fused-ring (bicyclic) bond motifs is 1. The van der Waals surface area contributed by atoms with Crippen LogP contribution in [0.5, 0.6) is 0 Å². The zero-order chi connectivity index (χ0) is 18.0. The summed E-state index contributed by atoms with van der Waals surface area (Å²) < 4.78 is 18.5. The van der Waals surface area contributed by atoms with Gasteiger partial charge < -0.3 is 9.73 Å². The molecule has 0 aliphatic carbocycles. The molecule has 2 aromatic carbocycles. The number of hydrogen-bond acceptors (Lipinski definition) is 3. The Morgan fingerprint density at radius 3 is 2.72 bits per heavy atom. The predicted molar refractivity (Wildman–Crippen MR) is 95.3 cm³/mol. The van der Waals surface area contributed by atoms with Crippen molar-refractivity contribution in [2.24, 2.45) is 0 Å². The number of halogens is 1. The first-order valence-electron chi connectivity index (χ1n) is 8.02. The zero-order valence-electron chi connectivity index (χ0n) is 14.1. The molecule has 5 heteroatoms. The highest BCUT2D eigenvalue weighted by Crippen LogP contribution is 2.21. The summed E-state index contributed by atoms with van der Waals surface area (Å²) in [5.74, 6) is -0.701. The van der Waals surface area contributed by atoms with Gasteiger partial charge in [0.25, 0.3) is 0 Å². The van der Waals surface area contributed by atoms with Gasteiger partial charge in [0.1, 0.15) is 11.4 Å². The van der Waals surface area contributed by atoms with Crippen molar-refractivity contribution >= 4 is 22.6 Å². The molecule has 128 valence electrons. The quantitative estimate of drug-likeness (QED) is 0.727. The van der Waals surface area contributed by atoms with Crippen LogP contribution < -0.4 is 10.9 Å². The summed E-state index contributed by atoms with van der Waals surface area (Å²) in [6.07, 6.45) is 0.374. The molecule has 0 saturated carbocycles. The Morgan fingerprint density at radius 1 is 1.16 bits per heavy atom. The fourth-order valence-corrected chi connectivity index (χ4v) is 2.82. The van der Waals surface area contributed by atoms with Crippen molar-refractivity contribution in [3.05, 3.63) is 75.4 Å². The summed E-state index contributed by atoms with van der Waals surface area (Å²) in [7, 11) is 0. The van der Waals surface area contributed by atoms with Crippen molar-refractivity contribution in [1.82, 2.24) is 0 Å². The van der Waals surface area contributed by atoms with Crippen molar-refractivity contribution in [2.45, 2.75) is 26.7 Å². The molecule has 0 atom stereocenters. The first-order chi connectivity index (χ1) is 11.9. The highest BCUT2D eigenvalue weighted by molar-refractivity contribution is 5.91. The lowest BCUT2D eigenvalue weighted by molar-refractivity contribution is -0.116. The third-order valence-corrected chi connectivity index (χ3v) is 4.15. The first kappa shape index (κ1) is 16.9. The van der Waals surface area contributed by atoms with Crippen LogP contribution in [0.2, 0.25) is 0 Å². The van der Waals surface area contributed by atoms with Gasteiger partial charge >= 0.3 is 5.63 Å². The average molecular weight is 339 g/mol. The second kappa shape index (κ2) is 6.89. The Bertz CT molecular complexity index is 1010. The van der Waals surface area contributed by atoms with Crippen LogP contribution in [0.1, 0.15) is 23.1 Å². The molecular weight excluding hydrogens is 321 g/mol. The molecule has 3 rings (SSSR count). The Hall–Kier alpha value is -2.95. The first-order valence-corrected chi connectivity index (χ1v) is 8.02. The number of rotatable bonds is 4. The highest BCUT2D eigenvalue weighted by atomic mass is 19.1. The van der Waals surface area contributed by atoms with E-state index in [0.717, 1.165) is 16.5 Å². The number of benzene rings is 2. The minimum Gasteiger partial charge on any atom is -0.423 e. The maximum atomic E-state index is 13.1. The number of carbonyl (C=O) groups excluding carboxylic acids is 1. The Labute approximate surface area is 144 Å². The topological polar surface area (TPSA) is 59.3 Å². The van der Waals surface area contributed by atoms with E-state index >= 15 is 0 Å². The van der Waals surface area contributed by atoms with E-state index in [4.69, 9.17) is 4.42 Å². The summed E-state index contributed by atoms with van der Waals surface area (Å²) in [4.78, 5) is 24.3. The van der Waals surface area contributed by atoms with Gasteiger partial charge in [0.15, 0.2) is 0 Å². The van der Waals surface area contributed by atoms with E-state index in [-0.39, 0.29) is 18.7 Å². The van der Waals surface area contributed by atoms with Gasteiger partial charge in [0.05, 0.1) is 0 Å². The van der Waals surface area contributed by atoms with E-state index in [9.17, 15) is 14.0 Å². The average Bonchev–Trinajstić information content (AvgIpc) is 2.54. The fourth-order valence-electron chi connectivity index (χ4n) is 2.82. The summed E-state index contributed by atoms with van der Waals surface area (Å²) in [6, 6.07) is 11.4.